The Morgan fingerprint density at radius 3 is 2.59 bits per heavy atom. The van der Waals surface area contributed by atoms with Crippen molar-refractivity contribution in [2.45, 2.75) is 37.8 Å². The third-order valence-electron chi connectivity index (χ3n) is 5.51. The van der Waals surface area contributed by atoms with Crippen molar-refractivity contribution in [3.05, 3.63) is 47.8 Å². The van der Waals surface area contributed by atoms with E-state index in [-0.39, 0.29) is 29.9 Å². The molecule has 0 radical (unpaired) electrons. The lowest BCUT2D eigenvalue weighted by atomic mass is 9.75. The molecule has 27 heavy (non-hydrogen) atoms. The second-order valence-corrected chi connectivity index (χ2v) is 7.48. The molecule has 2 fully saturated rings. The number of aliphatic hydroxyl groups excluding tert-OH is 1. The van der Waals surface area contributed by atoms with Crippen LogP contribution in [-0.4, -0.2) is 39.4 Å². The van der Waals surface area contributed by atoms with Gasteiger partial charge < -0.3 is 15.3 Å². The van der Waals surface area contributed by atoms with Crippen LogP contribution in [0.4, 0.5) is 5.69 Å². The molecule has 1 aliphatic carbocycles. The summed E-state index contributed by atoms with van der Waals surface area (Å²) in [6.07, 6.45) is 6.19. The van der Waals surface area contributed by atoms with Crippen LogP contribution >= 0.6 is 0 Å². The number of hydrogen-bond acceptors (Lipinski definition) is 4. The van der Waals surface area contributed by atoms with Crippen molar-refractivity contribution in [3.8, 4) is 0 Å². The van der Waals surface area contributed by atoms with Crippen LogP contribution in [0.5, 0.6) is 0 Å². The van der Waals surface area contributed by atoms with E-state index in [1.807, 2.05) is 25.4 Å². The highest BCUT2D eigenvalue weighted by Crippen LogP contribution is 2.38. The fourth-order valence-electron chi connectivity index (χ4n) is 3.91. The van der Waals surface area contributed by atoms with Crippen molar-refractivity contribution >= 4 is 17.5 Å². The van der Waals surface area contributed by atoms with Gasteiger partial charge in [0.1, 0.15) is 0 Å². The van der Waals surface area contributed by atoms with E-state index in [1.165, 1.54) is 0 Å². The van der Waals surface area contributed by atoms with Gasteiger partial charge in [0.2, 0.25) is 5.91 Å². The summed E-state index contributed by atoms with van der Waals surface area (Å²) in [4.78, 5) is 26.4. The van der Waals surface area contributed by atoms with Crippen LogP contribution in [0.1, 0.15) is 47.6 Å². The van der Waals surface area contributed by atoms with E-state index < -0.39 is 0 Å². The third-order valence-corrected chi connectivity index (χ3v) is 5.51. The molecule has 2 heterocycles. The number of aromatic nitrogens is 2. The first-order chi connectivity index (χ1) is 13.0. The zero-order valence-electron chi connectivity index (χ0n) is 15.3. The Labute approximate surface area is 158 Å². The minimum atomic E-state index is -0.289. The van der Waals surface area contributed by atoms with Gasteiger partial charge in [-0.15, -0.1) is 0 Å². The van der Waals surface area contributed by atoms with Crippen LogP contribution in [0.2, 0.25) is 0 Å². The number of nitrogens with zero attached hydrogens (tertiary/aromatic N) is 3. The van der Waals surface area contributed by atoms with E-state index >= 15 is 0 Å². The van der Waals surface area contributed by atoms with Crippen LogP contribution in [0.25, 0.3) is 0 Å². The van der Waals surface area contributed by atoms with E-state index in [0.717, 1.165) is 24.2 Å². The first-order valence-electron chi connectivity index (χ1n) is 9.39. The van der Waals surface area contributed by atoms with E-state index in [0.29, 0.717) is 24.8 Å². The van der Waals surface area contributed by atoms with Gasteiger partial charge in [0, 0.05) is 43.0 Å². The van der Waals surface area contributed by atoms with Gasteiger partial charge >= 0.3 is 0 Å². The highest BCUT2D eigenvalue weighted by Gasteiger charge is 2.36. The number of aliphatic hydroxyl groups is 1. The molecule has 0 spiro atoms. The van der Waals surface area contributed by atoms with Gasteiger partial charge in [-0.2, -0.15) is 5.10 Å². The summed E-state index contributed by atoms with van der Waals surface area (Å²) in [6, 6.07) is 6.99. The van der Waals surface area contributed by atoms with Gasteiger partial charge in [-0.05, 0) is 49.4 Å². The lowest BCUT2D eigenvalue weighted by molar-refractivity contribution is -0.117. The summed E-state index contributed by atoms with van der Waals surface area (Å²) < 4.78 is 1.71. The van der Waals surface area contributed by atoms with Crippen molar-refractivity contribution < 1.29 is 14.7 Å². The number of aryl methyl sites for hydroxylation is 1. The second kappa shape index (κ2) is 7.15. The van der Waals surface area contributed by atoms with E-state index in [4.69, 9.17) is 0 Å². The van der Waals surface area contributed by atoms with Gasteiger partial charge in [0.05, 0.1) is 18.3 Å². The zero-order chi connectivity index (χ0) is 19.0. The molecule has 0 bridgehead atoms. The van der Waals surface area contributed by atoms with Crippen LogP contribution < -0.4 is 10.2 Å². The predicted octanol–water partition coefficient (Wildman–Crippen LogP) is 1.79. The summed E-state index contributed by atoms with van der Waals surface area (Å²) in [7, 11) is 1.84. The maximum absolute atomic E-state index is 12.8. The Morgan fingerprint density at radius 2 is 2.04 bits per heavy atom. The van der Waals surface area contributed by atoms with Crippen LogP contribution in [-0.2, 0) is 11.8 Å². The number of rotatable bonds is 5. The topological polar surface area (TPSA) is 87.5 Å². The number of benzene rings is 1. The summed E-state index contributed by atoms with van der Waals surface area (Å²) in [5.74, 6) is 0.173. The molecule has 1 aliphatic heterocycles. The van der Waals surface area contributed by atoms with Crippen molar-refractivity contribution in [1.82, 2.24) is 15.1 Å². The molecule has 0 unspecified atom stereocenters. The highest BCUT2D eigenvalue weighted by molar-refractivity contribution is 5.97. The third kappa shape index (κ3) is 3.60. The smallest absolute Gasteiger partial charge is 0.251 e. The molecule has 1 saturated heterocycles. The number of carbonyl (C=O) groups excluding carboxylic acids is 2. The zero-order valence-corrected chi connectivity index (χ0v) is 15.3. The molecular weight excluding hydrogens is 344 g/mol. The minimum absolute atomic E-state index is 0.132. The molecule has 1 saturated carbocycles. The molecule has 2 N–H and O–H groups in total. The van der Waals surface area contributed by atoms with Gasteiger partial charge in [0.25, 0.3) is 5.91 Å². The summed E-state index contributed by atoms with van der Waals surface area (Å²) in [5, 5.41) is 17.0. The van der Waals surface area contributed by atoms with Crippen molar-refractivity contribution in [2.24, 2.45) is 13.0 Å². The normalized spacial score (nSPS) is 23.2. The number of carbonyl (C=O) groups is 2. The largest absolute Gasteiger partial charge is 0.393 e. The average molecular weight is 368 g/mol. The molecule has 2 amide bonds. The van der Waals surface area contributed by atoms with Crippen molar-refractivity contribution in [3.63, 3.8) is 0 Å². The lowest BCUT2D eigenvalue weighted by Gasteiger charge is -2.37. The first-order valence-corrected chi connectivity index (χ1v) is 9.39. The minimum Gasteiger partial charge on any atom is -0.393 e. The summed E-state index contributed by atoms with van der Waals surface area (Å²) in [6.45, 7) is 0.734. The maximum atomic E-state index is 12.8. The quantitative estimate of drug-likeness (QED) is 0.842. The number of anilines is 1. The van der Waals surface area contributed by atoms with Crippen molar-refractivity contribution in [1.29, 1.82) is 0 Å². The highest BCUT2D eigenvalue weighted by atomic mass is 16.3. The van der Waals surface area contributed by atoms with Gasteiger partial charge in [-0.25, -0.2) is 0 Å². The molecule has 1 aromatic heterocycles. The van der Waals surface area contributed by atoms with Crippen LogP contribution in [0.3, 0.4) is 0 Å². The summed E-state index contributed by atoms with van der Waals surface area (Å²) in [5.41, 5.74) is 2.33. The molecule has 2 aromatic rings. The van der Waals surface area contributed by atoms with Gasteiger partial charge in [-0.1, -0.05) is 0 Å². The van der Waals surface area contributed by atoms with E-state index in [9.17, 15) is 14.7 Å². The Balaban J connectivity index is 1.48. The molecule has 1 atom stereocenters. The van der Waals surface area contributed by atoms with Crippen LogP contribution in [0.15, 0.2) is 36.7 Å². The number of nitrogens with one attached hydrogen (secondary N) is 1. The summed E-state index contributed by atoms with van der Waals surface area (Å²) >= 11 is 0. The second-order valence-electron chi connectivity index (χ2n) is 7.48. The SMILES string of the molecule is Cn1cc([C@H](NC(=O)c2ccc(N3CCCC3=O)cc2)C2CC(O)C2)cn1. The van der Waals surface area contributed by atoms with Gasteiger partial charge in [-0.3, -0.25) is 14.3 Å². The molecular formula is C20H24N4O3. The Bertz CT molecular complexity index is 839. The maximum Gasteiger partial charge on any atom is 0.251 e. The monoisotopic (exact) mass is 368 g/mol. The lowest BCUT2D eigenvalue weighted by Crippen LogP contribution is -2.41. The molecule has 142 valence electrons. The fourth-order valence-corrected chi connectivity index (χ4v) is 3.91. The molecule has 2 aliphatic rings. The van der Waals surface area contributed by atoms with Gasteiger partial charge in [0.15, 0.2) is 0 Å². The average Bonchev–Trinajstić information content (AvgIpc) is 3.25. The molecule has 1 aromatic carbocycles. The van der Waals surface area contributed by atoms with E-state index in [1.54, 1.807) is 27.9 Å². The first kappa shape index (κ1) is 17.7. The van der Waals surface area contributed by atoms with Crippen molar-refractivity contribution in [2.75, 3.05) is 11.4 Å². The molecule has 4 rings (SSSR count). The molecule has 7 nitrogen and oxygen atoms in total. The predicted molar refractivity (Wildman–Crippen MR) is 100 cm³/mol. The fraction of sp³-hybridized carbons (Fsp3) is 0.450. The Kier molecular flexibility index (Phi) is 4.70. The number of hydrogen-bond donors (Lipinski definition) is 2. The number of amides is 2. The van der Waals surface area contributed by atoms with E-state index in [2.05, 4.69) is 10.4 Å². The standard InChI is InChI=1S/C20H24N4O3/c1-23-12-15(11-21-23)19(14-9-17(25)10-14)22-20(27)13-4-6-16(7-5-13)24-8-2-3-18(24)26/h4-7,11-12,14,17,19,25H,2-3,8-10H2,1H3,(H,22,27)/t14?,17?,19-/m1/s1. The van der Waals surface area contributed by atoms with Crippen LogP contribution in [0, 0.1) is 5.92 Å². The Hall–Kier alpha value is -2.67. The Morgan fingerprint density at radius 1 is 1.30 bits per heavy atom. The molecule has 7 heteroatoms.